The first-order valence-electron chi connectivity index (χ1n) is 20.7. The molecule has 0 saturated heterocycles. The lowest BCUT2D eigenvalue weighted by atomic mass is 10.1. The van der Waals surface area contributed by atoms with Crippen LogP contribution < -0.4 is 5.73 Å². The Bertz CT molecular complexity index is 1300. The Morgan fingerprint density at radius 1 is 0.632 bits per heavy atom. The van der Waals surface area contributed by atoms with Gasteiger partial charge in [-0.2, -0.15) is 0 Å². The molecule has 324 valence electrons. The minimum absolute atomic E-state index is 0.108. The van der Waals surface area contributed by atoms with Gasteiger partial charge in [0.1, 0.15) is 12.6 Å². The number of ether oxygens (including phenoxy) is 2. The second-order valence-corrected chi connectivity index (χ2v) is 15.0. The number of aliphatic hydroxyl groups excluding tert-OH is 1. The molecule has 57 heavy (non-hydrogen) atoms. The molecule has 5 N–H and O–H groups in total. The maximum Gasteiger partial charge on any atom is 0.472 e. The fraction of sp³-hybridized carbons (Fsp3) is 0.614. The number of carboxylic acids is 1. The first-order chi connectivity index (χ1) is 27.5. The van der Waals surface area contributed by atoms with Crippen molar-refractivity contribution in [3.05, 3.63) is 85.1 Å². The number of phosphoric ester groups is 1. The molecule has 0 saturated carbocycles. The summed E-state index contributed by atoms with van der Waals surface area (Å²) in [6.45, 7) is 2.41. The topological polar surface area (TPSA) is 192 Å². The van der Waals surface area contributed by atoms with E-state index in [2.05, 4.69) is 79.1 Å². The van der Waals surface area contributed by atoms with Crippen molar-refractivity contribution in [3.8, 4) is 0 Å². The van der Waals surface area contributed by atoms with Crippen LogP contribution in [-0.4, -0.2) is 71.1 Å². The first kappa shape index (κ1) is 53.6. The average molecular weight is 822 g/mol. The van der Waals surface area contributed by atoms with E-state index in [0.717, 1.165) is 89.9 Å². The number of esters is 2. The van der Waals surface area contributed by atoms with Gasteiger partial charge >= 0.3 is 25.7 Å². The zero-order chi connectivity index (χ0) is 42.2. The molecular weight excluding hydrogens is 749 g/mol. The molecule has 0 fully saturated rings. The Kier molecular flexibility index (Phi) is 35.9. The molecule has 0 aromatic rings. The van der Waals surface area contributed by atoms with Gasteiger partial charge in [0.15, 0.2) is 6.10 Å². The van der Waals surface area contributed by atoms with Gasteiger partial charge in [0, 0.05) is 12.8 Å². The van der Waals surface area contributed by atoms with Crippen LogP contribution in [0.2, 0.25) is 0 Å². The van der Waals surface area contributed by atoms with Gasteiger partial charge in [-0.15, -0.1) is 0 Å². The van der Waals surface area contributed by atoms with E-state index in [1.165, 1.54) is 0 Å². The summed E-state index contributed by atoms with van der Waals surface area (Å²) in [5, 5.41) is 19.0. The first-order valence-corrected chi connectivity index (χ1v) is 22.2. The number of unbranched alkanes of at least 4 members (excludes halogenated alkanes) is 8. The number of hydrogen-bond acceptors (Lipinski definition) is 10. The number of rotatable bonds is 37. The zero-order valence-corrected chi connectivity index (χ0v) is 35.4. The quantitative estimate of drug-likeness (QED) is 0.0153. The fourth-order valence-electron chi connectivity index (χ4n) is 5.00. The van der Waals surface area contributed by atoms with Gasteiger partial charge in [0.25, 0.3) is 0 Å². The van der Waals surface area contributed by atoms with Crippen LogP contribution in [0.4, 0.5) is 0 Å². The summed E-state index contributed by atoms with van der Waals surface area (Å²) in [4.78, 5) is 45.9. The summed E-state index contributed by atoms with van der Waals surface area (Å²) in [6.07, 6.45) is 42.4. The van der Waals surface area contributed by atoms with Crippen molar-refractivity contribution in [1.29, 1.82) is 0 Å². The molecule has 0 aliphatic carbocycles. The molecule has 0 aliphatic rings. The molecule has 0 heterocycles. The van der Waals surface area contributed by atoms with Gasteiger partial charge in [0.05, 0.1) is 19.3 Å². The third-order valence-corrected chi connectivity index (χ3v) is 9.19. The lowest BCUT2D eigenvalue weighted by molar-refractivity contribution is -0.161. The van der Waals surface area contributed by atoms with Crippen molar-refractivity contribution in [3.63, 3.8) is 0 Å². The van der Waals surface area contributed by atoms with Gasteiger partial charge in [-0.1, -0.05) is 137 Å². The van der Waals surface area contributed by atoms with Crippen LogP contribution >= 0.6 is 7.82 Å². The summed E-state index contributed by atoms with van der Waals surface area (Å²) in [7, 11) is -4.75. The largest absolute Gasteiger partial charge is 0.480 e. The Morgan fingerprint density at radius 2 is 1.14 bits per heavy atom. The molecule has 0 rings (SSSR count). The summed E-state index contributed by atoms with van der Waals surface area (Å²) < 4.78 is 32.6. The third-order valence-electron chi connectivity index (χ3n) is 8.24. The van der Waals surface area contributed by atoms with Gasteiger partial charge in [-0.3, -0.25) is 23.4 Å². The highest BCUT2D eigenvalue weighted by molar-refractivity contribution is 7.47. The Balaban J connectivity index is 4.54. The normalized spacial score (nSPS) is 15.2. The maximum absolute atomic E-state index is 12.6. The standard InChI is InChI=1S/C44H72NO11P/c1-3-5-7-9-11-12-13-14-15-16-17-18-19-20-22-26-31-35-43(48)56-40(37-54-57(51,52)55-38-41(45)44(49)50)36-53-42(47)34-30-27-23-25-29-33-39(46)32-28-24-21-10-8-6-4-2/h5-8,11-12,14-15,17-18,21,24,28,32,39-41,46H,3-4,9-10,13,16,19-20,22-23,25-27,29-31,33-38,45H2,1-2H3,(H,49,50)(H,51,52)/b7-5-,8-6+,12-11-,15-14-,18-17-,24-21+,32-28+/t39?,40-,41+/m1/s1. The van der Waals surface area contributed by atoms with E-state index in [9.17, 15) is 28.9 Å². The molecule has 4 atom stereocenters. The van der Waals surface area contributed by atoms with Crippen molar-refractivity contribution < 1.29 is 52.6 Å². The van der Waals surface area contributed by atoms with E-state index in [1.54, 1.807) is 6.08 Å². The van der Waals surface area contributed by atoms with Crippen LogP contribution in [-0.2, 0) is 37.5 Å². The molecule has 2 unspecified atom stereocenters. The molecule has 0 aliphatic heterocycles. The highest BCUT2D eigenvalue weighted by Gasteiger charge is 2.28. The highest BCUT2D eigenvalue weighted by Crippen LogP contribution is 2.43. The zero-order valence-electron chi connectivity index (χ0n) is 34.5. The lowest BCUT2D eigenvalue weighted by Gasteiger charge is -2.20. The van der Waals surface area contributed by atoms with Crippen LogP contribution in [0.15, 0.2) is 85.1 Å². The molecule has 12 nitrogen and oxygen atoms in total. The highest BCUT2D eigenvalue weighted by atomic mass is 31.2. The Morgan fingerprint density at radius 3 is 1.75 bits per heavy atom. The maximum atomic E-state index is 12.6. The van der Waals surface area contributed by atoms with E-state index >= 15 is 0 Å². The second-order valence-electron chi connectivity index (χ2n) is 13.6. The Labute approximate surface area is 342 Å². The minimum Gasteiger partial charge on any atom is -0.480 e. The van der Waals surface area contributed by atoms with E-state index in [1.807, 2.05) is 18.2 Å². The number of aliphatic carboxylic acids is 1. The van der Waals surface area contributed by atoms with Crippen LogP contribution in [0.3, 0.4) is 0 Å². The van der Waals surface area contributed by atoms with Crippen molar-refractivity contribution in [1.82, 2.24) is 0 Å². The summed E-state index contributed by atoms with van der Waals surface area (Å²) in [5.41, 5.74) is 5.32. The Hall–Kier alpha value is -3.38. The number of carbonyl (C=O) groups is 3. The predicted octanol–water partition coefficient (Wildman–Crippen LogP) is 9.69. The molecule has 13 heteroatoms. The average Bonchev–Trinajstić information content (AvgIpc) is 3.18. The number of carboxylic acid groups (broad SMARTS) is 1. The van der Waals surface area contributed by atoms with Crippen LogP contribution in [0.5, 0.6) is 0 Å². The van der Waals surface area contributed by atoms with Crippen LogP contribution in [0.1, 0.15) is 136 Å². The summed E-state index contributed by atoms with van der Waals surface area (Å²) in [5.74, 6) is -2.51. The lowest BCUT2D eigenvalue weighted by Crippen LogP contribution is -2.34. The number of hydrogen-bond donors (Lipinski definition) is 4. The molecule has 0 spiro atoms. The SMILES string of the molecule is CC/C=C\C/C=C\C/C=C\C/C=C\CCCCCCC(=O)O[C@H](COC(=O)CCCCCCCC(O)/C=C/C=C/C/C=C/CC)COP(=O)(O)OC[C@H](N)C(=O)O. The molecule has 0 aromatic heterocycles. The number of carbonyl (C=O) groups excluding carboxylic acids is 2. The van der Waals surface area contributed by atoms with Gasteiger partial charge < -0.3 is 30.3 Å². The van der Waals surface area contributed by atoms with Crippen molar-refractivity contribution in [2.45, 2.75) is 154 Å². The summed E-state index contributed by atoms with van der Waals surface area (Å²) >= 11 is 0. The second kappa shape index (κ2) is 38.2. The van der Waals surface area contributed by atoms with E-state index < -0.39 is 63.8 Å². The molecule has 0 bridgehead atoms. The van der Waals surface area contributed by atoms with Gasteiger partial charge in [-0.25, -0.2) is 4.57 Å². The number of nitrogens with two attached hydrogens (primary N) is 1. The minimum atomic E-state index is -4.75. The van der Waals surface area contributed by atoms with E-state index in [-0.39, 0.29) is 12.8 Å². The van der Waals surface area contributed by atoms with E-state index in [0.29, 0.717) is 19.3 Å². The molecule has 0 amide bonds. The summed E-state index contributed by atoms with van der Waals surface area (Å²) in [6, 6.07) is -1.54. The number of phosphoric acid groups is 1. The smallest absolute Gasteiger partial charge is 0.472 e. The van der Waals surface area contributed by atoms with Gasteiger partial charge in [-0.05, 0) is 70.6 Å². The van der Waals surface area contributed by atoms with Crippen molar-refractivity contribution in [2.24, 2.45) is 5.73 Å². The fourth-order valence-corrected chi connectivity index (χ4v) is 5.78. The monoisotopic (exact) mass is 821 g/mol. The van der Waals surface area contributed by atoms with Crippen LogP contribution in [0, 0.1) is 0 Å². The molecule has 0 radical (unpaired) electrons. The number of aliphatic hydroxyl groups is 1. The van der Waals surface area contributed by atoms with Crippen molar-refractivity contribution in [2.75, 3.05) is 19.8 Å². The van der Waals surface area contributed by atoms with Crippen molar-refractivity contribution >= 4 is 25.7 Å². The third kappa shape index (κ3) is 37.9. The van der Waals surface area contributed by atoms with Crippen LogP contribution in [0.25, 0.3) is 0 Å². The molecular formula is C44H72NO11P. The predicted molar refractivity (Wildman–Crippen MR) is 227 cm³/mol. The van der Waals surface area contributed by atoms with Gasteiger partial charge in [0.2, 0.25) is 0 Å². The van der Waals surface area contributed by atoms with E-state index in [4.69, 9.17) is 24.8 Å². The number of allylic oxidation sites excluding steroid dienone is 13. The molecule has 0 aromatic carbocycles.